The Morgan fingerprint density at radius 1 is 1.03 bits per heavy atom. The Bertz CT molecular complexity index is 1040. The first kappa shape index (κ1) is 19.6. The lowest BCUT2D eigenvalue weighted by Crippen LogP contribution is -2.38. The zero-order chi connectivity index (χ0) is 20.4. The first-order valence-corrected chi connectivity index (χ1v) is 10.0. The molecule has 0 saturated carbocycles. The molecule has 4 nitrogen and oxygen atoms in total. The van der Waals surface area contributed by atoms with Gasteiger partial charge in [-0.25, -0.2) is 4.79 Å². The summed E-state index contributed by atoms with van der Waals surface area (Å²) in [5.41, 5.74) is 9.04. The molecule has 6 heteroatoms. The maximum Gasteiger partial charge on any atom is 0.404 e. The van der Waals surface area contributed by atoms with Gasteiger partial charge in [-0.2, -0.15) is 0 Å². The van der Waals surface area contributed by atoms with Gasteiger partial charge < -0.3 is 15.2 Å². The zero-order valence-corrected chi connectivity index (χ0v) is 17.0. The van der Waals surface area contributed by atoms with E-state index in [1.165, 1.54) is 0 Å². The first-order chi connectivity index (χ1) is 14.0. The Morgan fingerprint density at radius 3 is 2.52 bits per heavy atom. The van der Waals surface area contributed by atoms with Crippen LogP contribution in [0.3, 0.4) is 0 Å². The van der Waals surface area contributed by atoms with Crippen molar-refractivity contribution in [2.75, 3.05) is 0 Å². The molecule has 0 radical (unpaired) electrons. The molecule has 0 spiro atoms. The number of para-hydroxylation sites is 1. The summed E-state index contributed by atoms with van der Waals surface area (Å²) in [4.78, 5) is 11.5. The number of benzene rings is 3. The molecule has 29 heavy (non-hydrogen) atoms. The normalized spacial score (nSPS) is 16.0. The lowest BCUT2D eigenvalue weighted by Gasteiger charge is -2.23. The minimum Gasteiger partial charge on any atom is -0.485 e. The highest BCUT2D eigenvalue weighted by atomic mass is 35.5. The molecular weight excluding hydrogens is 409 g/mol. The predicted molar refractivity (Wildman–Crippen MR) is 115 cm³/mol. The quantitative estimate of drug-likeness (QED) is 0.570. The summed E-state index contributed by atoms with van der Waals surface area (Å²) in [7, 11) is 0. The summed E-state index contributed by atoms with van der Waals surface area (Å²) in [5.74, 6) is 0.729. The third kappa shape index (κ3) is 4.19. The number of carbonyl (C=O) groups is 1. The van der Waals surface area contributed by atoms with Crippen LogP contribution >= 0.6 is 23.2 Å². The molecule has 0 fully saturated rings. The number of ether oxygens (including phenoxy) is 2. The molecule has 4 rings (SSSR count). The van der Waals surface area contributed by atoms with Gasteiger partial charge in [-0.3, -0.25) is 0 Å². The third-order valence-electron chi connectivity index (χ3n) is 4.99. The van der Waals surface area contributed by atoms with Crippen molar-refractivity contribution < 1.29 is 14.3 Å². The summed E-state index contributed by atoms with van der Waals surface area (Å²) in [6, 6.07) is 21.2. The largest absolute Gasteiger partial charge is 0.485 e. The first-order valence-electron chi connectivity index (χ1n) is 9.26. The van der Waals surface area contributed by atoms with E-state index < -0.39 is 12.2 Å². The zero-order valence-electron chi connectivity index (χ0n) is 15.5. The van der Waals surface area contributed by atoms with Gasteiger partial charge in [0.05, 0.1) is 10.0 Å². The average molecular weight is 428 g/mol. The molecule has 0 aliphatic carbocycles. The Hall–Kier alpha value is -2.69. The van der Waals surface area contributed by atoms with E-state index in [4.69, 9.17) is 38.4 Å². The van der Waals surface area contributed by atoms with Crippen LogP contribution in [0.4, 0.5) is 4.79 Å². The second kappa shape index (κ2) is 8.36. The van der Waals surface area contributed by atoms with Crippen molar-refractivity contribution in [2.45, 2.75) is 25.0 Å². The number of halogens is 2. The molecular formula is C23H19Cl2NO3. The van der Waals surface area contributed by atoms with E-state index in [9.17, 15) is 4.79 Å². The topological polar surface area (TPSA) is 61.6 Å². The standard InChI is InChI=1S/C23H19Cl2NO3/c24-18-11-5-9-16(21(18)25)17-10-4-8-15-13-20(28-22(15)17)19(29-23(26)27)12-14-6-2-1-3-7-14/h1-11,19-20H,12-13H2,(H2,26,27). The van der Waals surface area contributed by atoms with Gasteiger partial charge in [-0.05, 0) is 17.2 Å². The van der Waals surface area contributed by atoms with Gasteiger partial charge in [0.25, 0.3) is 0 Å². The molecule has 2 N–H and O–H groups in total. The van der Waals surface area contributed by atoms with Gasteiger partial charge in [0.15, 0.2) is 0 Å². The number of fused-ring (bicyclic) bond motifs is 1. The van der Waals surface area contributed by atoms with Crippen molar-refractivity contribution in [3.63, 3.8) is 0 Å². The third-order valence-corrected chi connectivity index (χ3v) is 5.81. The van der Waals surface area contributed by atoms with Crippen molar-refractivity contribution in [3.05, 3.63) is 87.9 Å². The van der Waals surface area contributed by atoms with Crippen molar-refractivity contribution in [1.29, 1.82) is 0 Å². The maximum absolute atomic E-state index is 11.5. The van der Waals surface area contributed by atoms with Gasteiger partial charge >= 0.3 is 6.09 Å². The fourth-order valence-corrected chi connectivity index (χ4v) is 4.07. The summed E-state index contributed by atoms with van der Waals surface area (Å²) in [5, 5.41) is 0.958. The second-order valence-corrected chi connectivity index (χ2v) is 7.71. The van der Waals surface area contributed by atoms with Crippen LogP contribution < -0.4 is 10.5 Å². The second-order valence-electron chi connectivity index (χ2n) is 6.92. The molecule has 1 heterocycles. The SMILES string of the molecule is NC(=O)OC(Cc1ccccc1)C1Cc2cccc(-c3cccc(Cl)c3Cl)c2O1. The molecule has 0 saturated heterocycles. The molecule has 2 unspecified atom stereocenters. The molecule has 1 aliphatic heterocycles. The van der Waals surface area contributed by atoms with Crippen LogP contribution in [0, 0.1) is 0 Å². The van der Waals surface area contributed by atoms with E-state index in [2.05, 4.69) is 0 Å². The van der Waals surface area contributed by atoms with Crippen LogP contribution in [0.15, 0.2) is 66.7 Å². The van der Waals surface area contributed by atoms with Crippen LogP contribution in [-0.4, -0.2) is 18.3 Å². The molecule has 1 amide bonds. The smallest absolute Gasteiger partial charge is 0.404 e. The minimum atomic E-state index is -0.816. The number of rotatable bonds is 5. The summed E-state index contributed by atoms with van der Waals surface area (Å²) < 4.78 is 11.7. The molecule has 0 bridgehead atoms. The summed E-state index contributed by atoms with van der Waals surface area (Å²) >= 11 is 12.6. The Labute approximate surface area is 179 Å². The van der Waals surface area contributed by atoms with Crippen LogP contribution in [0.5, 0.6) is 5.75 Å². The minimum absolute atomic E-state index is 0.350. The average Bonchev–Trinajstić information content (AvgIpc) is 3.15. The van der Waals surface area contributed by atoms with E-state index in [1.54, 1.807) is 6.07 Å². The molecule has 0 aromatic heterocycles. The van der Waals surface area contributed by atoms with E-state index in [-0.39, 0.29) is 6.10 Å². The lowest BCUT2D eigenvalue weighted by molar-refractivity contribution is 0.0308. The van der Waals surface area contributed by atoms with E-state index >= 15 is 0 Å². The Balaban J connectivity index is 1.65. The molecule has 148 valence electrons. The van der Waals surface area contributed by atoms with Crippen molar-refractivity contribution in [2.24, 2.45) is 5.73 Å². The highest BCUT2D eigenvalue weighted by molar-refractivity contribution is 6.43. The van der Waals surface area contributed by atoms with Crippen molar-refractivity contribution >= 4 is 29.3 Å². The van der Waals surface area contributed by atoms with Gasteiger partial charge in [0.1, 0.15) is 18.0 Å². The Morgan fingerprint density at radius 2 is 1.76 bits per heavy atom. The van der Waals surface area contributed by atoms with Crippen LogP contribution in [0.25, 0.3) is 11.1 Å². The number of hydrogen-bond acceptors (Lipinski definition) is 3. The van der Waals surface area contributed by atoms with E-state index in [0.29, 0.717) is 22.9 Å². The van der Waals surface area contributed by atoms with Crippen molar-refractivity contribution in [3.8, 4) is 16.9 Å². The van der Waals surface area contributed by atoms with Gasteiger partial charge in [0, 0.05) is 24.0 Å². The lowest BCUT2D eigenvalue weighted by atomic mass is 9.98. The Kier molecular flexibility index (Phi) is 5.65. The van der Waals surface area contributed by atoms with Crippen LogP contribution in [0.2, 0.25) is 10.0 Å². The molecule has 3 aromatic carbocycles. The monoisotopic (exact) mass is 427 g/mol. The van der Waals surface area contributed by atoms with E-state index in [1.807, 2.05) is 60.7 Å². The van der Waals surface area contributed by atoms with Crippen LogP contribution in [-0.2, 0) is 17.6 Å². The van der Waals surface area contributed by atoms with E-state index in [0.717, 1.165) is 28.0 Å². The summed E-state index contributed by atoms with van der Waals surface area (Å²) in [6.45, 7) is 0. The number of hydrogen-bond donors (Lipinski definition) is 1. The van der Waals surface area contributed by atoms with Crippen molar-refractivity contribution in [1.82, 2.24) is 0 Å². The number of carbonyl (C=O) groups excluding carboxylic acids is 1. The predicted octanol–water partition coefficient (Wildman–Crippen LogP) is 5.67. The number of amides is 1. The maximum atomic E-state index is 11.5. The summed E-state index contributed by atoms with van der Waals surface area (Å²) in [6.07, 6.45) is -0.563. The van der Waals surface area contributed by atoms with Gasteiger partial charge in [-0.15, -0.1) is 0 Å². The highest BCUT2D eigenvalue weighted by Crippen LogP contribution is 2.43. The van der Waals surface area contributed by atoms with Crippen LogP contribution in [0.1, 0.15) is 11.1 Å². The highest BCUT2D eigenvalue weighted by Gasteiger charge is 2.34. The number of nitrogens with two attached hydrogens (primary N) is 1. The number of primary amides is 1. The molecule has 1 aliphatic rings. The molecule has 2 atom stereocenters. The molecule has 3 aromatic rings. The van der Waals surface area contributed by atoms with Gasteiger partial charge in [-0.1, -0.05) is 83.9 Å². The fraction of sp³-hybridized carbons (Fsp3) is 0.174. The van der Waals surface area contributed by atoms with Gasteiger partial charge in [0.2, 0.25) is 0 Å². The fourth-order valence-electron chi connectivity index (χ4n) is 3.67.